The largest absolute Gasteiger partial charge is 0.416 e. The quantitative estimate of drug-likeness (QED) is 0.673. The fourth-order valence-corrected chi connectivity index (χ4v) is 2.40. The van der Waals surface area contributed by atoms with Crippen LogP contribution in [0.25, 0.3) is 11.0 Å². The summed E-state index contributed by atoms with van der Waals surface area (Å²) in [6.45, 7) is 0. The molecular weight excluding hydrogens is 335 g/mol. The summed E-state index contributed by atoms with van der Waals surface area (Å²) in [5.74, 6) is -0.481. The third-order valence-corrected chi connectivity index (χ3v) is 3.63. The Hall–Kier alpha value is -2.87. The topological polar surface area (TPSA) is 78.0 Å². The van der Waals surface area contributed by atoms with Crippen molar-refractivity contribution in [3.05, 3.63) is 59.7 Å². The molecule has 2 aromatic carbocycles. The molecule has 0 aliphatic rings. The van der Waals surface area contributed by atoms with Gasteiger partial charge in [0.25, 0.3) is 0 Å². The summed E-state index contributed by atoms with van der Waals surface area (Å²) in [6.07, 6.45) is -5.64. The first-order valence-electron chi connectivity index (χ1n) is 7.43. The number of benzene rings is 2. The summed E-state index contributed by atoms with van der Waals surface area (Å²) in [7, 11) is 0. The lowest BCUT2D eigenvalue weighted by Gasteiger charge is -2.09. The molecule has 3 aromatic rings. The molecule has 0 fully saturated rings. The van der Waals surface area contributed by atoms with Crippen molar-refractivity contribution in [2.24, 2.45) is 0 Å². The minimum absolute atomic E-state index is 0.0274. The van der Waals surface area contributed by atoms with Crippen molar-refractivity contribution in [3.8, 4) is 0 Å². The number of aromatic amines is 1. The highest BCUT2D eigenvalue weighted by Crippen LogP contribution is 2.31. The molecule has 0 bridgehead atoms. The van der Waals surface area contributed by atoms with E-state index >= 15 is 0 Å². The Kier molecular flexibility index (Phi) is 4.45. The third kappa shape index (κ3) is 3.97. The number of aliphatic hydroxyl groups is 1. The average Bonchev–Trinajstić information content (AvgIpc) is 2.95. The zero-order chi connectivity index (χ0) is 18.0. The molecule has 0 saturated heterocycles. The van der Waals surface area contributed by atoms with Gasteiger partial charge in [0, 0.05) is 0 Å². The number of hydrogen-bond acceptors (Lipinski definition) is 3. The molecule has 5 nitrogen and oxygen atoms in total. The Morgan fingerprint density at radius 2 is 1.92 bits per heavy atom. The van der Waals surface area contributed by atoms with Crippen molar-refractivity contribution >= 4 is 22.9 Å². The Balaban J connectivity index is 1.71. The number of alkyl halides is 3. The summed E-state index contributed by atoms with van der Waals surface area (Å²) in [4.78, 5) is 18.6. The number of amides is 1. The van der Waals surface area contributed by atoms with E-state index in [2.05, 4.69) is 15.3 Å². The molecule has 0 aliphatic heterocycles. The van der Waals surface area contributed by atoms with Crippen LogP contribution in [-0.4, -0.2) is 21.0 Å². The number of carbonyl (C=O) groups excluding carboxylic acids is 1. The molecule has 130 valence electrons. The van der Waals surface area contributed by atoms with Gasteiger partial charge in [-0.15, -0.1) is 0 Å². The molecule has 1 unspecified atom stereocenters. The van der Waals surface area contributed by atoms with Crippen LogP contribution in [0.15, 0.2) is 48.5 Å². The van der Waals surface area contributed by atoms with Gasteiger partial charge in [-0.25, -0.2) is 4.98 Å². The van der Waals surface area contributed by atoms with Crippen molar-refractivity contribution in [3.63, 3.8) is 0 Å². The maximum atomic E-state index is 12.7. The number of nitrogens with one attached hydrogen (secondary N) is 2. The van der Waals surface area contributed by atoms with Gasteiger partial charge in [0.15, 0.2) is 0 Å². The van der Waals surface area contributed by atoms with Crippen LogP contribution in [0, 0.1) is 0 Å². The Labute approximate surface area is 140 Å². The molecule has 1 amide bonds. The van der Waals surface area contributed by atoms with E-state index in [0.717, 1.165) is 12.1 Å². The number of aliphatic hydroxyl groups excluding tert-OH is 1. The summed E-state index contributed by atoms with van der Waals surface area (Å²) >= 11 is 0. The van der Waals surface area contributed by atoms with Crippen LogP contribution in [-0.2, 0) is 11.0 Å². The van der Waals surface area contributed by atoms with Gasteiger partial charge in [-0.1, -0.05) is 30.3 Å². The van der Waals surface area contributed by atoms with Gasteiger partial charge in [0.05, 0.1) is 29.1 Å². The number of imidazole rings is 1. The van der Waals surface area contributed by atoms with Crippen LogP contribution in [0.2, 0.25) is 0 Å². The highest BCUT2D eigenvalue weighted by molar-refractivity contribution is 5.91. The summed E-state index contributed by atoms with van der Waals surface area (Å²) in [5.41, 5.74) is 0.249. The number of H-pyrrole nitrogens is 1. The third-order valence-electron chi connectivity index (χ3n) is 3.63. The number of aromatic nitrogens is 2. The maximum Gasteiger partial charge on any atom is 0.416 e. The summed E-state index contributed by atoms with van der Waals surface area (Å²) < 4.78 is 38.1. The molecule has 0 aliphatic carbocycles. The summed E-state index contributed by atoms with van der Waals surface area (Å²) in [6, 6.07) is 11.7. The first kappa shape index (κ1) is 17.0. The van der Waals surface area contributed by atoms with Crippen LogP contribution >= 0.6 is 0 Å². The first-order valence-corrected chi connectivity index (χ1v) is 7.43. The standard InChI is InChI=1S/C17H14F3N3O2/c18-17(19,20)11-6-7-12-13(8-11)22-16(21-12)23-15(25)9-14(24)10-4-2-1-3-5-10/h1-8,14,24H,9H2,(H2,21,22,23,25). The Bertz CT molecular complexity index is 891. The fourth-order valence-electron chi connectivity index (χ4n) is 2.40. The minimum atomic E-state index is -4.46. The Morgan fingerprint density at radius 3 is 2.60 bits per heavy atom. The molecule has 3 N–H and O–H groups in total. The number of hydrogen-bond donors (Lipinski definition) is 3. The van der Waals surface area contributed by atoms with Gasteiger partial charge in [0.1, 0.15) is 0 Å². The van der Waals surface area contributed by atoms with Crippen molar-refractivity contribution in [2.45, 2.75) is 18.7 Å². The molecule has 1 heterocycles. The second-order valence-electron chi connectivity index (χ2n) is 5.49. The predicted molar refractivity (Wildman–Crippen MR) is 85.7 cm³/mol. The van der Waals surface area contributed by atoms with E-state index in [4.69, 9.17) is 0 Å². The van der Waals surface area contributed by atoms with Crippen LogP contribution in [0.5, 0.6) is 0 Å². The molecule has 0 spiro atoms. The van der Waals surface area contributed by atoms with Crippen LogP contribution < -0.4 is 5.32 Å². The lowest BCUT2D eigenvalue weighted by Crippen LogP contribution is -2.16. The monoisotopic (exact) mass is 349 g/mol. The van der Waals surface area contributed by atoms with Gasteiger partial charge in [0.2, 0.25) is 11.9 Å². The fraction of sp³-hybridized carbons (Fsp3) is 0.176. The normalized spacial score (nSPS) is 13.0. The van der Waals surface area contributed by atoms with Gasteiger partial charge < -0.3 is 10.1 Å². The van der Waals surface area contributed by atoms with Gasteiger partial charge in [-0.3, -0.25) is 10.1 Å². The first-order chi connectivity index (χ1) is 11.8. The number of rotatable bonds is 4. The molecule has 1 aromatic heterocycles. The van der Waals surface area contributed by atoms with Crippen molar-refractivity contribution < 1.29 is 23.1 Å². The van der Waals surface area contributed by atoms with Crippen molar-refractivity contribution in [1.82, 2.24) is 9.97 Å². The lowest BCUT2D eigenvalue weighted by molar-refractivity contribution is -0.137. The number of anilines is 1. The molecular formula is C17H14F3N3O2. The molecule has 0 radical (unpaired) electrons. The molecule has 25 heavy (non-hydrogen) atoms. The Morgan fingerprint density at radius 1 is 1.20 bits per heavy atom. The van der Waals surface area contributed by atoms with Crippen LogP contribution in [0.3, 0.4) is 0 Å². The SMILES string of the molecule is O=C(CC(O)c1ccccc1)Nc1nc2ccc(C(F)(F)F)cc2[nH]1. The maximum absolute atomic E-state index is 12.7. The van der Waals surface area contributed by atoms with E-state index in [1.165, 1.54) is 6.07 Å². The zero-order valence-electron chi connectivity index (χ0n) is 12.8. The second kappa shape index (κ2) is 6.56. The van der Waals surface area contributed by atoms with E-state index in [-0.39, 0.29) is 17.9 Å². The number of halogens is 3. The summed E-state index contributed by atoms with van der Waals surface area (Å²) in [5, 5.41) is 12.5. The van der Waals surface area contributed by atoms with E-state index in [1.54, 1.807) is 30.3 Å². The van der Waals surface area contributed by atoms with Crippen molar-refractivity contribution in [1.29, 1.82) is 0 Å². The van der Waals surface area contributed by atoms with Gasteiger partial charge in [-0.05, 0) is 23.8 Å². The number of carbonyl (C=O) groups is 1. The number of fused-ring (bicyclic) bond motifs is 1. The molecule has 1 atom stereocenters. The lowest BCUT2D eigenvalue weighted by atomic mass is 10.1. The highest BCUT2D eigenvalue weighted by atomic mass is 19.4. The van der Waals surface area contributed by atoms with E-state index in [0.29, 0.717) is 11.1 Å². The van der Waals surface area contributed by atoms with E-state index < -0.39 is 23.8 Å². The molecule has 8 heteroatoms. The van der Waals surface area contributed by atoms with Crippen LogP contribution in [0.4, 0.5) is 19.1 Å². The van der Waals surface area contributed by atoms with Gasteiger partial charge >= 0.3 is 6.18 Å². The van der Waals surface area contributed by atoms with Crippen LogP contribution in [0.1, 0.15) is 23.7 Å². The number of nitrogens with zero attached hydrogens (tertiary/aromatic N) is 1. The minimum Gasteiger partial charge on any atom is -0.388 e. The van der Waals surface area contributed by atoms with Gasteiger partial charge in [-0.2, -0.15) is 13.2 Å². The zero-order valence-corrected chi connectivity index (χ0v) is 12.8. The van der Waals surface area contributed by atoms with E-state index in [9.17, 15) is 23.1 Å². The van der Waals surface area contributed by atoms with E-state index in [1.807, 2.05) is 0 Å². The molecule has 0 saturated carbocycles. The predicted octanol–water partition coefficient (Wildman–Crippen LogP) is 3.64. The second-order valence-corrected chi connectivity index (χ2v) is 5.49. The smallest absolute Gasteiger partial charge is 0.388 e. The van der Waals surface area contributed by atoms with Crippen molar-refractivity contribution in [2.75, 3.05) is 5.32 Å². The average molecular weight is 349 g/mol. The molecule has 3 rings (SSSR count). The highest BCUT2D eigenvalue weighted by Gasteiger charge is 2.30.